The molecule has 29 heavy (non-hydrogen) atoms. The Balaban J connectivity index is 1.54. The number of pyridine rings is 2. The molecule has 0 aliphatic carbocycles. The van der Waals surface area contributed by atoms with Gasteiger partial charge in [-0.3, -0.25) is 19.4 Å². The second kappa shape index (κ2) is 7.01. The molecule has 0 saturated carbocycles. The van der Waals surface area contributed by atoms with Crippen LogP contribution in [0.5, 0.6) is 0 Å². The van der Waals surface area contributed by atoms with Crippen LogP contribution >= 0.6 is 0 Å². The molecule has 0 radical (unpaired) electrons. The molecule has 0 unspecified atom stereocenters. The number of rotatable bonds is 3. The SMILES string of the molecule is Cn1ccc2c1CN(C(=O)c1ccccn1)Cc1cn(Cc3cccnc3)nc1-2. The Labute approximate surface area is 168 Å². The largest absolute Gasteiger partial charge is 0.352 e. The maximum Gasteiger partial charge on any atom is 0.273 e. The summed E-state index contributed by atoms with van der Waals surface area (Å²) in [6.45, 7) is 1.65. The van der Waals surface area contributed by atoms with Gasteiger partial charge in [-0.25, -0.2) is 0 Å². The third-order valence-corrected chi connectivity index (χ3v) is 5.23. The van der Waals surface area contributed by atoms with E-state index in [0.717, 1.165) is 28.1 Å². The van der Waals surface area contributed by atoms with Crippen LogP contribution in [0.3, 0.4) is 0 Å². The van der Waals surface area contributed by atoms with Crippen LogP contribution in [-0.4, -0.2) is 35.1 Å². The molecule has 0 saturated heterocycles. The number of hydrogen-bond acceptors (Lipinski definition) is 4. The van der Waals surface area contributed by atoms with Gasteiger partial charge in [0.1, 0.15) is 5.69 Å². The lowest BCUT2D eigenvalue weighted by Gasteiger charge is -2.21. The highest BCUT2D eigenvalue weighted by Crippen LogP contribution is 2.32. The molecular weight excluding hydrogens is 364 g/mol. The van der Waals surface area contributed by atoms with E-state index >= 15 is 0 Å². The molecule has 1 aliphatic rings. The molecule has 7 heteroatoms. The fraction of sp³-hybridized carbons (Fsp3) is 0.182. The molecule has 5 heterocycles. The van der Waals surface area contributed by atoms with Gasteiger partial charge in [0.15, 0.2) is 0 Å². The zero-order valence-corrected chi connectivity index (χ0v) is 16.1. The normalized spacial score (nSPS) is 12.9. The van der Waals surface area contributed by atoms with E-state index in [9.17, 15) is 4.79 Å². The Kier molecular flexibility index (Phi) is 4.20. The molecule has 4 aromatic rings. The zero-order valence-electron chi connectivity index (χ0n) is 16.1. The van der Waals surface area contributed by atoms with Crippen LogP contribution in [0.1, 0.15) is 27.3 Å². The molecule has 0 bridgehead atoms. The van der Waals surface area contributed by atoms with E-state index in [1.807, 2.05) is 59.5 Å². The van der Waals surface area contributed by atoms with E-state index in [4.69, 9.17) is 5.10 Å². The van der Waals surface area contributed by atoms with E-state index in [1.165, 1.54) is 0 Å². The minimum absolute atomic E-state index is 0.0781. The standard InChI is InChI=1S/C22H20N6O/c1-26-10-7-18-20(26)15-27(22(29)19-6-2-3-9-24-19)13-17-14-28(25-21(17)18)12-16-5-4-8-23-11-16/h2-11,14H,12-13,15H2,1H3. The third-order valence-electron chi connectivity index (χ3n) is 5.23. The third kappa shape index (κ3) is 3.20. The van der Waals surface area contributed by atoms with Crippen molar-refractivity contribution in [3.63, 3.8) is 0 Å². The van der Waals surface area contributed by atoms with Gasteiger partial charge in [-0.15, -0.1) is 0 Å². The van der Waals surface area contributed by atoms with Crippen LogP contribution in [-0.2, 0) is 26.7 Å². The molecular formula is C22H20N6O. The summed E-state index contributed by atoms with van der Waals surface area (Å²) in [5, 5.41) is 4.85. The van der Waals surface area contributed by atoms with Crippen molar-refractivity contribution in [1.82, 2.24) is 29.2 Å². The molecule has 1 aliphatic heterocycles. The first-order valence-corrected chi connectivity index (χ1v) is 9.49. The summed E-state index contributed by atoms with van der Waals surface area (Å²) in [6.07, 6.45) is 9.31. The lowest BCUT2D eigenvalue weighted by Crippen LogP contribution is -2.30. The number of aromatic nitrogens is 5. The first-order chi connectivity index (χ1) is 14.2. The zero-order chi connectivity index (χ0) is 19.8. The van der Waals surface area contributed by atoms with Gasteiger partial charge in [-0.05, 0) is 29.8 Å². The Hall–Kier alpha value is -3.74. The van der Waals surface area contributed by atoms with Gasteiger partial charge >= 0.3 is 0 Å². The number of fused-ring (bicyclic) bond motifs is 3. The van der Waals surface area contributed by atoms with E-state index in [-0.39, 0.29) is 5.91 Å². The molecule has 144 valence electrons. The smallest absolute Gasteiger partial charge is 0.273 e. The molecule has 0 atom stereocenters. The molecule has 0 fully saturated rings. The van der Waals surface area contributed by atoms with Crippen molar-refractivity contribution in [2.75, 3.05) is 0 Å². The van der Waals surface area contributed by atoms with Gasteiger partial charge < -0.3 is 9.47 Å². The lowest BCUT2D eigenvalue weighted by atomic mass is 10.1. The van der Waals surface area contributed by atoms with Crippen LogP contribution in [0.15, 0.2) is 67.4 Å². The average molecular weight is 384 g/mol. The van der Waals surface area contributed by atoms with Crippen molar-refractivity contribution < 1.29 is 4.79 Å². The van der Waals surface area contributed by atoms with Gasteiger partial charge in [0.05, 0.1) is 25.3 Å². The van der Waals surface area contributed by atoms with Gasteiger partial charge in [0.25, 0.3) is 5.91 Å². The fourth-order valence-corrected chi connectivity index (χ4v) is 3.78. The molecule has 4 aromatic heterocycles. The summed E-state index contributed by atoms with van der Waals surface area (Å²) in [4.78, 5) is 23.4. The number of aryl methyl sites for hydroxylation is 1. The predicted octanol–water partition coefficient (Wildman–Crippen LogP) is 2.88. The lowest BCUT2D eigenvalue weighted by molar-refractivity contribution is 0.0723. The number of hydrogen-bond donors (Lipinski definition) is 0. The number of carbonyl (C=O) groups excluding carboxylic acids is 1. The van der Waals surface area contributed by atoms with Gasteiger partial charge in [-0.1, -0.05) is 12.1 Å². The van der Waals surface area contributed by atoms with Gasteiger partial charge in [0.2, 0.25) is 0 Å². The van der Waals surface area contributed by atoms with Crippen LogP contribution in [0.2, 0.25) is 0 Å². The number of amides is 1. The summed E-state index contributed by atoms with van der Waals surface area (Å²) in [6, 6.07) is 11.4. The van der Waals surface area contributed by atoms with Crippen molar-refractivity contribution in [2.45, 2.75) is 19.6 Å². The Morgan fingerprint density at radius 2 is 2.03 bits per heavy atom. The molecule has 7 nitrogen and oxygen atoms in total. The molecule has 0 spiro atoms. The summed E-state index contributed by atoms with van der Waals surface area (Å²) >= 11 is 0. The Morgan fingerprint density at radius 3 is 2.83 bits per heavy atom. The predicted molar refractivity (Wildman–Crippen MR) is 108 cm³/mol. The minimum atomic E-state index is -0.0781. The van der Waals surface area contributed by atoms with Crippen molar-refractivity contribution in [3.8, 4) is 11.3 Å². The van der Waals surface area contributed by atoms with E-state index in [2.05, 4.69) is 20.6 Å². The highest BCUT2D eigenvalue weighted by Gasteiger charge is 2.28. The van der Waals surface area contributed by atoms with Gasteiger partial charge in [-0.2, -0.15) is 5.10 Å². The quantitative estimate of drug-likeness (QED) is 0.545. The monoisotopic (exact) mass is 384 g/mol. The highest BCUT2D eigenvalue weighted by atomic mass is 16.2. The number of carbonyl (C=O) groups is 1. The van der Waals surface area contributed by atoms with Crippen molar-refractivity contribution >= 4 is 5.91 Å². The van der Waals surface area contributed by atoms with Crippen LogP contribution in [0, 0.1) is 0 Å². The fourth-order valence-electron chi connectivity index (χ4n) is 3.78. The van der Waals surface area contributed by atoms with Crippen LogP contribution in [0.25, 0.3) is 11.3 Å². The maximum atomic E-state index is 13.1. The minimum Gasteiger partial charge on any atom is -0.352 e. The number of nitrogens with zero attached hydrogens (tertiary/aromatic N) is 6. The van der Waals surface area contributed by atoms with Gasteiger partial charge in [0, 0.05) is 54.9 Å². The summed E-state index contributed by atoms with van der Waals surface area (Å²) in [5.74, 6) is -0.0781. The van der Waals surface area contributed by atoms with Crippen molar-refractivity contribution in [2.24, 2.45) is 7.05 Å². The van der Waals surface area contributed by atoms with Crippen molar-refractivity contribution in [3.05, 3.63) is 89.9 Å². The second-order valence-electron chi connectivity index (χ2n) is 7.23. The first-order valence-electron chi connectivity index (χ1n) is 9.49. The van der Waals surface area contributed by atoms with E-state index in [0.29, 0.717) is 25.3 Å². The van der Waals surface area contributed by atoms with Crippen LogP contribution < -0.4 is 0 Å². The van der Waals surface area contributed by atoms with Crippen molar-refractivity contribution in [1.29, 1.82) is 0 Å². The molecule has 1 amide bonds. The molecule has 0 N–H and O–H groups in total. The topological polar surface area (TPSA) is 68.8 Å². The van der Waals surface area contributed by atoms with Crippen LogP contribution in [0.4, 0.5) is 0 Å². The summed E-state index contributed by atoms with van der Waals surface area (Å²) in [7, 11) is 2.00. The van der Waals surface area contributed by atoms with E-state index in [1.54, 1.807) is 18.5 Å². The molecule has 0 aromatic carbocycles. The molecule has 5 rings (SSSR count). The summed E-state index contributed by atoms with van der Waals surface area (Å²) < 4.78 is 3.98. The Bertz CT molecular complexity index is 1160. The highest BCUT2D eigenvalue weighted by molar-refractivity contribution is 5.92. The second-order valence-corrected chi connectivity index (χ2v) is 7.23. The maximum absolute atomic E-state index is 13.1. The first kappa shape index (κ1) is 17.4. The Morgan fingerprint density at radius 1 is 1.10 bits per heavy atom. The summed E-state index contributed by atoms with van der Waals surface area (Å²) in [5.41, 5.74) is 5.64. The average Bonchev–Trinajstić information content (AvgIpc) is 3.27. The van der Waals surface area contributed by atoms with E-state index < -0.39 is 0 Å².